The molecule has 0 fully saturated rings. The summed E-state index contributed by atoms with van der Waals surface area (Å²) < 4.78 is 17.5. The van der Waals surface area contributed by atoms with Crippen LogP contribution in [0.15, 0.2) is 109 Å². The molecule has 0 aliphatic carbocycles. The number of unbranched alkanes of at least 4 members (excludes halogenated alkanes) is 24. The maximum atomic E-state index is 12.9. The molecule has 0 saturated heterocycles. The fourth-order valence-corrected chi connectivity index (χ4v) is 7.89. The van der Waals surface area contributed by atoms with Gasteiger partial charge in [-0.15, -0.1) is 0 Å². The van der Waals surface area contributed by atoms with Gasteiger partial charge in [0, 0.05) is 19.4 Å². The summed E-state index contributed by atoms with van der Waals surface area (Å²) in [6, 6.07) is 0. The zero-order valence-corrected chi connectivity index (χ0v) is 46.0. The Balaban J connectivity index is 4.38. The highest BCUT2D eigenvalue weighted by atomic mass is 16.6. The fraction of sp³-hybridized carbons (Fsp3) is 0.692. The van der Waals surface area contributed by atoms with Crippen LogP contribution < -0.4 is 0 Å². The van der Waals surface area contributed by atoms with E-state index in [4.69, 9.17) is 14.2 Å². The van der Waals surface area contributed by atoms with Gasteiger partial charge in [0.2, 0.25) is 0 Å². The average Bonchev–Trinajstić information content (AvgIpc) is 3.36. The molecule has 0 heterocycles. The van der Waals surface area contributed by atoms with Crippen molar-refractivity contribution in [2.24, 2.45) is 0 Å². The van der Waals surface area contributed by atoms with E-state index in [2.05, 4.69) is 130 Å². The summed E-state index contributed by atoms with van der Waals surface area (Å²) >= 11 is 0. The van der Waals surface area contributed by atoms with Crippen LogP contribution >= 0.6 is 0 Å². The molecule has 0 amide bonds. The van der Waals surface area contributed by atoms with Gasteiger partial charge in [0.05, 0.1) is 6.61 Å². The third-order valence-electron chi connectivity index (χ3n) is 12.3. The van der Waals surface area contributed by atoms with E-state index in [1.807, 2.05) is 0 Å². The Kier molecular flexibility index (Phi) is 56.9. The molecule has 1 atom stereocenters. The third kappa shape index (κ3) is 57.1. The van der Waals surface area contributed by atoms with Gasteiger partial charge in [0.25, 0.3) is 0 Å². The normalized spacial score (nSPS) is 13.0. The topological polar surface area (TPSA) is 61.8 Å². The van der Waals surface area contributed by atoms with Gasteiger partial charge in [0.15, 0.2) is 6.10 Å². The lowest BCUT2D eigenvalue weighted by Gasteiger charge is -2.18. The van der Waals surface area contributed by atoms with Crippen molar-refractivity contribution >= 4 is 11.9 Å². The molecule has 0 aromatic rings. The lowest BCUT2D eigenvalue weighted by Crippen LogP contribution is -2.30. The maximum absolute atomic E-state index is 12.9. The molecule has 0 aromatic carbocycles. The molecule has 0 N–H and O–H groups in total. The second kappa shape index (κ2) is 59.9. The van der Waals surface area contributed by atoms with Gasteiger partial charge in [-0.2, -0.15) is 0 Å². The van der Waals surface area contributed by atoms with Crippen molar-refractivity contribution in [1.29, 1.82) is 0 Å². The van der Waals surface area contributed by atoms with Crippen LogP contribution in [-0.4, -0.2) is 37.9 Å². The van der Waals surface area contributed by atoms with Crippen molar-refractivity contribution in [2.75, 3.05) is 19.8 Å². The average molecular weight is 972 g/mol. The number of ether oxygens (including phenoxy) is 3. The van der Waals surface area contributed by atoms with E-state index < -0.39 is 6.10 Å². The van der Waals surface area contributed by atoms with E-state index in [1.165, 1.54) is 122 Å². The first-order chi connectivity index (χ1) is 34.6. The van der Waals surface area contributed by atoms with Crippen LogP contribution in [0.5, 0.6) is 0 Å². The molecule has 0 aliphatic rings. The van der Waals surface area contributed by atoms with Crippen LogP contribution in [0.25, 0.3) is 0 Å². The molecular formula is C65H110O5. The zero-order chi connectivity index (χ0) is 50.6. The van der Waals surface area contributed by atoms with Crippen LogP contribution in [0, 0.1) is 0 Å². The minimum atomic E-state index is -0.567. The van der Waals surface area contributed by atoms with Crippen LogP contribution in [-0.2, 0) is 23.8 Å². The van der Waals surface area contributed by atoms with Crippen molar-refractivity contribution in [1.82, 2.24) is 0 Å². The highest BCUT2D eigenvalue weighted by molar-refractivity contribution is 5.70. The summed E-state index contributed by atoms with van der Waals surface area (Å²) in [7, 11) is 0. The third-order valence-corrected chi connectivity index (χ3v) is 12.3. The van der Waals surface area contributed by atoms with E-state index in [0.717, 1.165) is 109 Å². The Morgan fingerprint density at radius 1 is 0.329 bits per heavy atom. The minimum absolute atomic E-state index is 0.0553. The quantitative estimate of drug-likeness (QED) is 0.0345. The largest absolute Gasteiger partial charge is 0.462 e. The molecule has 0 rings (SSSR count). The summed E-state index contributed by atoms with van der Waals surface area (Å²) in [5.74, 6) is -0.450. The van der Waals surface area contributed by atoms with Crippen LogP contribution in [0.3, 0.4) is 0 Å². The SMILES string of the molecule is CC/C=C\C/C=C\C/C=C\C/C=C\C/C=C\CCCCCC(=O)OCC(COCCCCCCCCC/C=C\C/C=C\C/C=C\CCCCC)OC(=O)CCCCCCC/C=C\CCCCCCCC. The van der Waals surface area contributed by atoms with Crippen molar-refractivity contribution < 1.29 is 23.8 Å². The standard InChI is InChI=1S/C65H110O5/c1-4-7-10-13-16-19-22-25-28-30-32-34-36-39-42-45-48-51-54-57-60-68-61-63(70-65(67)59-56-53-50-47-44-41-37-27-24-21-18-15-12-9-6-3)62-69-64(66)58-55-52-49-46-43-40-38-35-33-31-29-26-23-20-17-14-11-8-5-2/h8,11,16-17,19-20,25-29,32-35,37,40,43,63H,4-7,9-10,12-15,18,21-24,30-31,36,38-39,41-42,44-62H2,1-3H3/b11-8-,19-16-,20-17-,28-25-,29-26-,34-32-,35-33-,37-27-,43-40-. The summed E-state index contributed by atoms with van der Waals surface area (Å²) in [5.41, 5.74) is 0. The lowest BCUT2D eigenvalue weighted by atomic mass is 10.1. The zero-order valence-electron chi connectivity index (χ0n) is 46.0. The molecule has 0 radical (unpaired) electrons. The van der Waals surface area contributed by atoms with E-state index >= 15 is 0 Å². The minimum Gasteiger partial charge on any atom is -0.462 e. The van der Waals surface area contributed by atoms with Crippen LogP contribution in [0.4, 0.5) is 0 Å². The molecule has 0 spiro atoms. The van der Waals surface area contributed by atoms with Gasteiger partial charge >= 0.3 is 11.9 Å². The molecular weight excluding hydrogens is 861 g/mol. The maximum Gasteiger partial charge on any atom is 0.306 e. The Hall–Kier alpha value is -3.44. The molecule has 5 nitrogen and oxygen atoms in total. The smallest absolute Gasteiger partial charge is 0.306 e. The monoisotopic (exact) mass is 971 g/mol. The van der Waals surface area contributed by atoms with E-state index in [9.17, 15) is 9.59 Å². The number of esters is 2. The van der Waals surface area contributed by atoms with Gasteiger partial charge in [-0.25, -0.2) is 0 Å². The van der Waals surface area contributed by atoms with Crippen LogP contribution in [0.1, 0.15) is 265 Å². The van der Waals surface area contributed by atoms with Gasteiger partial charge in [0.1, 0.15) is 6.61 Å². The van der Waals surface area contributed by atoms with Gasteiger partial charge in [-0.1, -0.05) is 233 Å². The van der Waals surface area contributed by atoms with Gasteiger partial charge < -0.3 is 14.2 Å². The second-order valence-corrected chi connectivity index (χ2v) is 19.2. The first kappa shape index (κ1) is 66.6. The number of hydrogen-bond acceptors (Lipinski definition) is 5. The van der Waals surface area contributed by atoms with Gasteiger partial charge in [-0.3, -0.25) is 9.59 Å². The predicted molar refractivity (Wildman–Crippen MR) is 306 cm³/mol. The Labute approximate surface area is 434 Å². The fourth-order valence-electron chi connectivity index (χ4n) is 7.89. The van der Waals surface area contributed by atoms with E-state index in [1.54, 1.807) is 0 Å². The molecule has 70 heavy (non-hydrogen) atoms. The first-order valence-corrected chi connectivity index (χ1v) is 29.4. The predicted octanol–water partition coefficient (Wildman–Crippen LogP) is 20.3. The molecule has 5 heteroatoms. The number of carbonyl (C=O) groups excluding carboxylic acids is 2. The molecule has 0 saturated carbocycles. The summed E-state index contributed by atoms with van der Waals surface area (Å²) in [6.07, 6.45) is 82.5. The molecule has 1 unspecified atom stereocenters. The number of carbonyl (C=O) groups is 2. The van der Waals surface area contributed by atoms with Crippen molar-refractivity contribution in [3.8, 4) is 0 Å². The van der Waals surface area contributed by atoms with E-state index in [-0.39, 0.29) is 25.2 Å². The number of rotatable bonds is 53. The highest BCUT2D eigenvalue weighted by Crippen LogP contribution is 2.13. The highest BCUT2D eigenvalue weighted by Gasteiger charge is 2.17. The van der Waals surface area contributed by atoms with Crippen LogP contribution in [0.2, 0.25) is 0 Å². The molecule has 0 bridgehead atoms. The van der Waals surface area contributed by atoms with Crippen molar-refractivity contribution in [3.05, 3.63) is 109 Å². The number of hydrogen-bond donors (Lipinski definition) is 0. The summed E-state index contributed by atoms with van der Waals surface area (Å²) in [4.78, 5) is 25.5. The summed E-state index contributed by atoms with van der Waals surface area (Å²) in [5, 5.41) is 0. The van der Waals surface area contributed by atoms with Gasteiger partial charge in [-0.05, 0) is 128 Å². The second-order valence-electron chi connectivity index (χ2n) is 19.2. The Bertz CT molecular complexity index is 1380. The Morgan fingerprint density at radius 2 is 0.643 bits per heavy atom. The molecule has 400 valence electrons. The Morgan fingerprint density at radius 3 is 1.09 bits per heavy atom. The molecule has 0 aliphatic heterocycles. The lowest BCUT2D eigenvalue weighted by molar-refractivity contribution is -0.163. The van der Waals surface area contributed by atoms with Crippen molar-refractivity contribution in [2.45, 2.75) is 271 Å². The summed E-state index contributed by atoms with van der Waals surface area (Å²) in [6.45, 7) is 7.63. The molecule has 0 aromatic heterocycles. The number of allylic oxidation sites excluding steroid dienone is 18. The van der Waals surface area contributed by atoms with Crippen molar-refractivity contribution in [3.63, 3.8) is 0 Å². The van der Waals surface area contributed by atoms with E-state index in [0.29, 0.717) is 19.4 Å². The first-order valence-electron chi connectivity index (χ1n) is 29.4.